The molecule has 20 heavy (non-hydrogen) atoms. The molecule has 2 rings (SSSR count). The number of halogens is 1. The Morgan fingerprint density at radius 3 is 2.45 bits per heavy atom. The number of rotatable bonds is 3. The maximum absolute atomic E-state index is 14.5. The van der Waals surface area contributed by atoms with Gasteiger partial charge in [0.25, 0.3) is 0 Å². The molecule has 112 valence electrons. The standard InChI is InChI=1S/C17H26FNO/c1-11-8-7-9-12(14(11)18)15(19-6)13-10-16(2,3)20-17(13,4)5/h7-9,13,15,19H,10H2,1-6H3. The van der Waals surface area contributed by atoms with Gasteiger partial charge in [0, 0.05) is 17.5 Å². The minimum Gasteiger partial charge on any atom is -0.369 e. The van der Waals surface area contributed by atoms with Gasteiger partial charge in [-0.25, -0.2) is 4.39 Å². The van der Waals surface area contributed by atoms with Crippen molar-refractivity contribution >= 4 is 0 Å². The molecule has 2 unspecified atom stereocenters. The molecule has 0 saturated carbocycles. The van der Waals surface area contributed by atoms with E-state index < -0.39 is 0 Å². The van der Waals surface area contributed by atoms with Gasteiger partial charge in [-0.15, -0.1) is 0 Å². The Morgan fingerprint density at radius 1 is 1.30 bits per heavy atom. The molecule has 1 heterocycles. The first-order chi connectivity index (χ1) is 9.18. The quantitative estimate of drug-likeness (QED) is 0.903. The van der Waals surface area contributed by atoms with E-state index in [1.54, 1.807) is 0 Å². The summed E-state index contributed by atoms with van der Waals surface area (Å²) in [5, 5.41) is 3.30. The first kappa shape index (κ1) is 15.5. The van der Waals surface area contributed by atoms with Gasteiger partial charge in [-0.2, -0.15) is 0 Å². The molecule has 0 amide bonds. The Labute approximate surface area is 121 Å². The van der Waals surface area contributed by atoms with E-state index in [-0.39, 0.29) is 29.0 Å². The molecule has 1 aliphatic rings. The topological polar surface area (TPSA) is 21.3 Å². The van der Waals surface area contributed by atoms with E-state index in [4.69, 9.17) is 4.74 Å². The number of hydrogen-bond acceptors (Lipinski definition) is 2. The zero-order valence-corrected chi connectivity index (χ0v) is 13.4. The summed E-state index contributed by atoms with van der Waals surface area (Å²) in [6.07, 6.45) is 0.916. The second kappa shape index (κ2) is 5.12. The van der Waals surface area contributed by atoms with Gasteiger partial charge < -0.3 is 10.1 Å². The summed E-state index contributed by atoms with van der Waals surface area (Å²) in [5.74, 6) is 0.131. The molecule has 0 spiro atoms. The fraction of sp³-hybridized carbons (Fsp3) is 0.647. The Hall–Kier alpha value is -0.930. The average molecular weight is 279 g/mol. The maximum Gasteiger partial charge on any atom is 0.130 e. The molecule has 1 fully saturated rings. The lowest BCUT2D eigenvalue weighted by Crippen LogP contribution is -2.37. The molecular weight excluding hydrogens is 253 g/mol. The number of aryl methyl sites for hydroxylation is 1. The highest BCUT2D eigenvalue weighted by Gasteiger charge is 2.49. The number of hydrogen-bond donors (Lipinski definition) is 1. The first-order valence-electron chi connectivity index (χ1n) is 7.30. The third-order valence-electron chi connectivity index (χ3n) is 4.41. The van der Waals surface area contributed by atoms with Gasteiger partial charge in [-0.1, -0.05) is 18.2 Å². The molecule has 1 N–H and O–H groups in total. The van der Waals surface area contributed by atoms with E-state index in [0.717, 1.165) is 12.0 Å². The van der Waals surface area contributed by atoms with Crippen LogP contribution in [-0.4, -0.2) is 18.2 Å². The Kier molecular flexibility index (Phi) is 3.96. The number of nitrogens with one attached hydrogen (secondary N) is 1. The first-order valence-corrected chi connectivity index (χ1v) is 7.30. The van der Waals surface area contributed by atoms with Crippen LogP contribution in [0.1, 0.15) is 51.3 Å². The van der Waals surface area contributed by atoms with Gasteiger partial charge in [0.05, 0.1) is 11.2 Å². The molecule has 0 radical (unpaired) electrons. The lowest BCUT2D eigenvalue weighted by Gasteiger charge is -2.33. The third kappa shape index (κ3) is 2.75. The summed E-state index contributed by atoms with van der Waals surface area (Å²) < 4.78 is 20.6. The van der Waals surface area contributed by atoms with Crippen LogP contribution in [0.4, 0.5) is 4.39 Å². The van der Waals surface area contributed by atoms with Crippen LogP contribution in [0, 0.1) is 18.7 Å². The van der Waals surface area contributed by atoms with Crippen LogP contribution in [0.5, 0.6) is 0 Å². The van der Waals surface area contributed by atoms with E-state index in [2.05, 4.69) is 33.0 Å². The van der Waals surface area contributed by atoms with Gasteiger partial charge in [-0.05, 0) is 53.7 Å². The largest absolute Gasteiger partial charge is 0.369 e. The lowest BCUT2D eigenvalue weighted by molar-refractivity contribution is -0.0777. The van der Waals surface area contributed by atoms with Crippen molar-refractivity contribution in [3.8, 4) is 0 Å². The zero-order chi connectivity index (χ0) is 15.1. The van der Waals surface area contributed by atoms with Crippen LogP contribution in [0.25, 0.3) is 0 Å². The molecule has 0 aliphatic carbocycles. The fourth-order valence-corrected chi connectivity index (χ4v) is 3.61. The van der Waals surface area contributed by atoms with Crippen LogP contribution in [0.3, 0.4) is 0 Å². The highest BCUT2D eigenvalue weighted by atomic mass is 19.1. The van der Waals surface area contributed by atoms with Crippen LogP contribution in [-0.2, 0) is 4.74 Å². The summed E-state index contributed by atoms with van der Waals surface area (Å²) >= 11 is 0. The van der Waals surface area contributed by atoms with Gasteiger partial charge in [0.15, 0.2) is 0 Å². The van der Waals surface area contributed by atoms with E-state index in [0.29, 0.717) is 5.56 Å². The Balaban J connectivity index is 2.40. The molecule has 1 aliphatic heterocycles. The number of ether oxygens (including phenoxy) is 1. The average Bonchev–Trinajstić information content (AvgIpc) is 2.54. The SMILES string of the molecule is CNC(c1cccc(C)c1F)C1CC(C)(C)OC1(C)C. The van der Waals surface area contributed by atoms with Crippen LogP contribution in [0.2, 0.25) is 0 Å². The second-order valence-corrected chi connectivity index (χ2v) is 7.02. The van der Waals surface area contributed by atoms with E-state index >= 15 is 0 Å². The van der Waals surface area contributed by atoms with Crippen molar-refractivity contribution in [3.05, 3.63) is 35.1 Å². The second-order valence-electron chi connectivity index (χ2n) is 7.02. The Morgan fingerprint density at radius 2 is 1.95 bits per heavy atom. The van der Waals surface area contributed by atoms with Crippen molar-refractivity contribution in [2.45, 2.75) is 58.3 Å². The van der Waals surface area contributed by atoms with Crippen LogP contribution in [0.15, 0.2) is 18.2 Å². The van der Waals surface area contributed by atoms with Crippen LogP contribution >= 0.6 is 0 Å². The minimum atomic E-state index is -0.270. The Bertz CT molecular complexity index is 496. The summed E-state index contributed by atoms with van der Waals surface area (Å²) in [5.41, 5.74) is 1.00. The smallest absolute Gasteiger partial charge is 0.130 e. The van der Waals surface area contributed by atoms with Gasteiger partial charge in [0.2, 0.25) is 0 Å². The molecule has 1 saturated heterocycles. The normalized spacial score (nSPS) is 25.6. The molecule has 0 bridgehead atoms. The van der Waals surface area contributed by atoms with Crippen molar-refractivity contribution < 1.29 is 9.13 Å². The highest BCUT2D eigenvalue weighted by molar-refractivity contribution is 5.29. The van der Waals surface area contributed by atoms with Crippen LogP contribution < -0.4 is 5.32 Å². The molecule has 0 aromatic heterocycles. The molecule has 2 atom stereocenters. The number of benzene rings is 1. The van der Waals surface area contributed by atoms with Gasteiger partial charge >= 0.3 is 0 Å². The van der Waals surface area contributed by atoms with Gasteiger partial charge in [-0.3, -0.25) is 0 Å². The predicted molar refractivity (Wildman–Crippen MR) is 80.3 cm³/mol. The summed E-state index contributed by atoms with van der Waals surface area (Å²) in [7, 11) is 1.90. The van der Waals surface area contributed by atoms with Crippen molar-refractivity contribution in [2.75, 3.05) is 7.05 Å². The van der Waals surface area contributed by atoms with E-state index in [9.17, 15) is 4.39 Å². The molecule has 1 aromatic carbocycles. The fourth-order valence-electron chi connectivity index (χ4n) is 3.61. The zero-order valence-electron chi connectivity index (χ0n) is 13.4. The monoisotopic (exact) mass is 279 g/mol. The minimum absolute atomic E-state index is 0.0355. The third-order valence-corrected chi connectivity index (χ3v) is 4.41. The maximum atomic E-state index is 14.5. The summed E-state index contributed by atoms with van der Waals surface area (Å²) in [4.78, 5) is 0. The lowest BCUT2D eigenvalue weighted by atomic mass is 9.78. The molecule has 3 heteroatoms. The van der Waals surface area contributed by atoms with E-state index in [1.165, 1.54) is 0 Å². The molecule has 1 aromatic rings. The van der Waals surface area contributed by atoms with Crippen molar-refractivity contribution in [1.82, 2.24) is 5.32 Å². The summed E-state index contributed by atoms with van der Waals surface area (Å²) in [6, 6.07) is 5.58. The van der Waals surface area contributed by atoms with Crippen molar-refractivity contribution in [3.63, 3.8) is 0 Å². The van der Waals surface area contributed by atoms with E-state index in [1.807, 2.05) is 32.2 Å². The van der Waals surface area contributed by atoms with Crippen molar-refractivity contribution in [2.24, 2.45) is 5.92 Å². The van der Waals surface area contributed by atoms with Gasteiger partial charge in [0.1, 0.15) is 5.82 Å². The van der Waals surface area contributed by atoms with Crippen molar-refractivity contribution in [1.29, 1.82) is 0 Å². The molecular formula is C17H26FNO. The summed E-state index contributed by atoms with van der Waals surface area (Å²) in [6.45, 7) is 10.2. The highest BCUT2D eigenvalue weighted by Crippen LogP contribution is 2.47. The predicted octanol–water partition coefficient (Wildman–Crippen LogP) is 3.99. The molecule has 2 nitrogen and oxygen atoms in total.